The minimum atomic E-state index is -0.691. The number of nitrogen functional groups attached to an aromatic ring is 1. The standard InChI is InChI=1S/C23H30N6O4/c1-16(2)14-28-21(24)20(22(31)26-23(28)32)27(10-7-11-33-3)19(30)12-17-13-25-29(15-17)18-8-5-4-6-9-18/h4-6,8-9,13,15-16H,7,10-12,14,24H2,1-3H3,(H,26,31,32). The lowest BCUT2D eigenvalue weighted by atomic mass is 10.2. The summed E-state index contributed by atoms with van der Waals surface area (Å²) < 4.78 is 8.09. The van der Waals surface area contributed by atoms with Crippen molar-refractivity contribution >= 4 is 17.4 Å². The molecule has 0 aliphatic carbocycles. The summed E-state index contributed by atoms with van der Waals surface area (Å²) in [5.74, 6) is -0.237. The molecule has 2 aromatic heterocycles. The smallest absolute Gasteiger partial charge is 0.330 e. The first-order valence-electron chi connectivity index (χ1n) is 10.8. The highest BCUT2D eigenvalue weighted by molar-refractivity contribution is 5.96. The van der Waals surface area contributed by atoms with Gasteiger partial charge in [0.1, 0.15) is 5.82 Å². The van der Waals surface area contributed by atoms with Crippen LogP contribution >= 0.6 is 0 Å². The first-order valence-corrected chi connectivity index (χ1v) is 10.8. The lowest BCUT2D eigenvalue weighted by molar-refractivity contribution is -0.118. The molecule has 3 aromatic rings. The Morgan fingerprint density at radius 1 is 1.24 bits per heavy atom. The Kier molecular flexibility index (Phi) is 7.83. The fraction of sp³-hybridized carbons (Fsp3) is 0.391. The average Bonchev–Trinajstić information content (AvgIpc) is 3.24. The predicted octanol–water partition coefficient (Wildman–Crippen LogP) is 1.57. The number of anilines is 2. The van der Waals surface area contributed by atoms with Crippen LogP contribution in [-0.2, 0) is 22.5 Å². The number of H-pyrrole nitrogens is 1. The molecule has 0 aliphatic rings. The molecule has 176 valence electrons. The predicted molar refractivity (Wildman–Crippen MR) is 127 cm³/mol. The number of methoxy groups -OCH3 is 1. The number of nitrogens with zero attached hydrogens (tertiary/aromatic N) is 4. The van der Waals surface area contributed by atoms with E-state index in [2.05, 4.69) is 10.1 Å². The van der Waals surface area contributed by atoms with Gasteiger partial charge in [0.2, 0.25) is 5.91 Å². The molecule has 1 amide bonds. The van der Waals surface area contributed by atoms with Crippen molar-refractivity contribution < 1.29 is 9.53 Å². The van der Waals surface area contributed by atoms with Crippen LogP contribution in [0.3, 0.4) is 0 Å². The van der Waals surface area contributed by atoms with Crippen molar-refractivity contribution in [3.8, 4) is 5.69 Å². The topological polar surface area (TPSA) is 128 Å². The molecule has 0 fully saturated rings. The Morgan fingerprint density at radius 2 is 1.97 bits per heavy atom. The summed E-state index contributed by atoms with van der Waals surface area (Å²) in [6, 6.07) is 9.54. The van der Waals surface area contributed by atoms with Crippen LogP contribution in [0.15, 0.2) is 52.3 Å². The van der Waals surface area contributed by atoms with E-state index >= 15 is 0 Å². The van der Waals surface area contributed by atoms with Gasteiger partial charge < -0.3 is 15.4 Å². The minimum Gasteiger partial charge on any atom is -0.385 e. The average molecular weight is 455 g/mol. The summed E-state index contributed by atoms with van der Waals surface area (Å²) in [6.45, 7) is 4.80. The normalized spacial score (nSPS) is 11.2. The van der Waals surface area contributed by atoms with Crippen molar-refractivity contribution in [1.29, 1.82) is 0 Å². The molecule has 33 heavy (non-hydrogen) atoms. The zero-order valence-corrected chi connectivity index (χ0v) is 19.2. The summed E-state index contributed by atoms with van der Waals surface area (Å²) >= 11 is 0. The van der Waals surface area contributed by atoms with Crippen LogP contribution in [0.5, 0.6) is 0 Å². The van der Waals surface area contributed by atoms with Crippen molar-refractivity contribution in [2.45, 2.75) is 33.2 Å². The molecular formula is C23H30N6O4. The first kappa shape index (κ1) is 24.0. The van der Waals surface area contributed by atoms with Crippen LogP contribution in [0, 0.1) is 5.92 Å². The van der Waals surface area contributed by atoms with Crippen molar-refractivity contribution in [3.05, 3.63) is 69.1 Å². The largest absolute Gasteiger partial charge is 0.385 e. The summed E-state index contributed by atoms with van der Waals surface area (Å²) in [5, 5.41) is 4.33. The Hall–Kier alpha value is -3.66. The SMILES string of the molecule is COCCCN(C(=O)Cc1cnn(-c2ccccc2)c1)c1c(N)n(CC(C)C)c(=O)[nH]c1=O. The summed E-state index contributed by atoms with van der Waals surface area (Å²) in [7, 11) is 1.56. The van der Waals surface area contributed by atoms with Gasteiger partial charge in [-0.05, 0) is 30.0 Å². The number of aromatic nitrogens is 4. The Labute approximate surface area is 191 Å². The Morgan fingerprint density at radius 3 is 2.64 bits per heavy atom. The lowest BCUT2D eigenvalue weighted by Crippen LogP contribution is -2.42. The number of carbonyl (C=O) groups is 1. The van der Waals surface area contributed by atoms with Gasteiger partial charge in [0.15, 0.2) is 5.69 Å². The van der Waals surface area contributed by atoms with E-state index in [0.717, 1.165) is 5.69 Å². The fourth-order valence-electron chi connectivity index (χ4n) is 3.56. The number of hydrogen-bond acceptors (Lipinski definition) is 6. The van der Waals surface area contributed by atoms with Crippen molar-refractivity contribution in [1.82, 2.24) is 19.3 Å². The highest BCUT2D eigenvalue weighted by Crippen LogP contribution is 2.20. The molecule has 0 aliphatic heterocycles. The highest BCUT2D eigenvalue weighted by Gasteiger charge is 2.25. The maximum Gasteiger partial charge on any atom is 0.330 e. The maximum absolute atomic E-state index is 13.3. The molecule has 0 saturated carbocycles. The summed E-state index contributed by atoms with van der Waals surface area (Å²) in [5.41, 5.74) is 6.50. The monoisotopic (exact) mass is 454 g/mol. The summed E-state index contributed by atoms with van der Waals surface area (Å²) in [4.78, 5) is 42.0. The molecule has 10 heteroatoms. The van der Waals surface area contributed by atoms with Gasteiger partial charge in [-0.15, -0.1) is 0 Å². The molecule has 1 aromatic carbocycles. The third-order valence-corrected chi connectivity index (χ3v) is 5.08. The van der Waals surface area contributed by atoms with Gasteiger partial charge >= 0.3 is 5.69 Å². The van der Waals surface area contributed by atoms with Gasteiger partial charge in [-0.25, -0.2) is 9.48 Å². The van der Waals surface area contributed by atoms with Gasteiger partial charge in [-0.3, -0.25) is 19.1 Å². The zero-order valence-electron chi connectivity index (χ0n) is 19.2. The van der Waals surface area contributed by atoms with E-state index in [1.165, 1.54) is 9.47 Å². The third kappa shape index (κ3) is 5.78. The van der Waals surface area contributed by atoms with Gasteiger partial charge in [0.25, 0.3) is 5.56 Å². The van der Waals surface area contributed by atoms with Crippen LogP contribution in [0.2, 0.25) is 0 Å². The number of para-hydroxylation sites is 1. The van der Waals surface area contributed by atoms with Gasteiger partial charge in [-0.1, -0.05) is 32.0 Å². The fourth-order valence-corrected chi connectivity index (χ4v) is 3.56. The number of ether oxygens (including phenoxy) is 1. The Balaban J connectivity index is 1.93. The van der Waals surface area contributed by atoms with Crippen LogP contribution in [0.1, 0.15) is 25.8 Å². The van der Waals surface area contributed by atoms with Crippen LogP contribution in [-0.4, -0.2) is 45.5 Å². The Bertz CT molecular complexity index is 1200. The number of nitrogens with two attached hydrogens (primary N) is 1. The van der Waals surface area contributed by atoms with E-state index < -0.39 is 11.2 Å². The molecule has 0 unspecified atom stereocenters. The lowest BCUT2D eigenvalue weighted by Gasteiger charge is -2.25. The van der Waals surface area contributed by atoms with Crippen LogP contribution < -0.4 is 21.9 Å². The van der Waals surface area contributed by atoms with E-state index in [9.17, 15) is 14.4 Å². The molecule has 0 saturated heterocycles. The second-order valence-corrected chi connectivity index (χ2v) is 8.19. The zero-order chi connectivity index (χ0) is 24.0. The molecule has 2 heterocycles. The number of aromatic amines is 1. The molecular weight excluding hydrogens is 424 g/mol. The molecule has 3 N–H and O–H groups in total. The van der Waals surface area contributed by atoms with E-state index in [4.69, 9.17) is 10.5 Å². The second-order valence-electron chi connectivity index (χ2n) is 8.19. The van der Waals surface area contributed by atoms with E-state index in [1.54, 1.807) is 24.2 Å². The van der Waals surface area contributed by atoms with Gasteiger partial charge in [0, 0.05) is 33.0 Å². The van der Waals surface area contributed by atoms with Crippen LogP contribution in [0.4, 0.5) is 11.5 Å². The molecule has 0 radical (unpaired) electrons. The van der Waals surface area contributed by atoms with E-state index in [1.807, 2.05) is 44.2 Å². The molecule has 3 rings (SSSR count). The van der Waals surface area contributed by atoms with Gasteiger partial charge in [0.05, 0.1) is 18.3 Å². The van der Waals surface area contributed by atoms with Crippen molar-refractivity contribution in [2.24, 2.45) is 5.92 Å². The van der Waals surface area contributed by atoms with Crippen LogP contribution in [0.25, 0.3) is 5.69 Å². The van der Waals surface area contributed by atoms with Crippen molar-refractivity contribution in [2.75, 3.05) is 30.9 Å². The number of carbonyl (C=O) groups excluding carboxylic acids is 1. The number of benzene rings is 1. The molecule has 10 nitrogen and oxygen atoms in total. The van der Waals surface area contributed by atoms with E-state index in [0.29, 0.717) is 25.1 Å². The number of rotatable bonds is 10. The number of amides is 1. The quantitative estimate of drug-likeness (QED) is 0.448. The maximum atomic E-state index is 13.3. The van der Waals surface area contributed by atoms with E-state index in [-0.39, 0.29) is 36.3 Å². The van der Waals surface area contributed by atoms with Crippen molar-refractivity contribution in [3.63, 3.8) is 0 Å². The van der Waals surface area contributed by atoms with Gasteiger partial charge in [-0.2, -0.15) is 5.10 Å². The number of nitrogens with one attached hydrogen (secondary N) is 1. The minimum absolute atomic E-state index is 0.0159. The summed E-state index contributed by atoms with van der Waals surface area (Å²) in [6.07, 6.45) is 3.90. The molecule has 0 spiro atoms. The molecule has 0 bridgehead atoms. The highest BCUT2D eigenvalue weighted by atomic mass is 16.5. The molecule has 0 atom stereocenters. The first-order chi connectivity index (χ1) is 15.8. The third-order valence-electron chi connectivity index (χ3n) is 5.08. The second kappa shape index (κ2) is 10.8. The number of hydrogen-bond donors (Lipinski definition) is 2.